The summed E-state index contributed by atoms with van der Waals surface area (Å²) in [6.45, 7) is 16.4. The van der Waals surface area contributed by atoms with Gasteiger partial charge in [-0.05, 0) is 60.0 Å². The van der Waals surface area contributed by atoms with Gasteiger partial charge in [-0.1, -0.05) is 57.3 Å². The van der Waals surface area contributed by atoms with Crippen LogP contribution in [0.5, 0.6) is 0 Å². The lowest BCUT2D eigenvalue weighted by Crippen LogP contribution is -2.44. The van der Waals surface area contributed by atoms with E-state index in [0.29, 0.717) is 0 Å². The molecule has 27 heavy (non-hydrogen) atoms. The minimum Gasteiger partial charge on any atom is -0.200 e. The number of pyridine rings is 1. The number of benzene rings is 2. The van der Waals surface area contributed by atoms with Gasteiger partial charge in [0.1, 0.15) is 7.05 Å². The van der Waals surface area contributed by atoms with Gasteiger partial charge in [0.2, 0.25) is 5.69 Å². The Bertz CT molecular complexity index is 999. The fraction of sp³-hybridized carbons (Fsp3) is 0.400. The summed E-state index contributed by atoms with van der Waals surface area (Å²) in [6.07, 6.45) is 3.29. The number of aromatic nitrogens is 1. The van der Waals surface area contributed by atoms with Gasteiger partial charge in [0, 0.05) is 6.07 Å². The summed E-state index contributed by atoms with van der Waals surface area (Å²) in [6, 6.07) is 14.2. The number of aryl methyl sites for hydroxylation is 3. The first kappa shape index (κ1) is 19.8. The van der Waals surface area contributed by atoms with Crippen LogP contribution >= 0.6 is 0 Å². The van der Waals surface area contributed by atoms with Gasteiger partial charge >= 0.3 is 0 Å². The third-order valence-electron chi connectivity index (χ3n) is 6.72. The molecule has 0 radical (unpaired) electrons. The number of hydrogen-bond donors (Lipinski definition) is 0. The van der Waals surface area contributed by atoms with Gasteiger partial charge in [-0.25, -0.2) is 4.57 Å². The summed E-state index contributed by atoms with van der Waals surface area (Å²) in [5.41, 5.74) is 7.62. The normalized spacial score (nSPS) is 12.2. The fourth-order valence-corrected chi connectivity index (χ4v) is 5.53. The van der Waals surface area contributed by atoms with E-state index in [1.54, 1.807) is 5.19 Å². The molecule has 3 rings (SSSR count). The molecule has 0 unspecified atom stereocenters. The molecule has 2 aromatic carbocycles. The molecule has 0 N–H and O–H groups in total. The highest BCUT2D eigenvalue weighted by Crippen LogP contribution is 2.31. The largest absolute Gasteiger partial charge is 0.220 e. The van der Waals surface area contributed by atoms with Gasteiger partial charge in [0.25, 0.3) is 0 Å². The molecular weight excluding hydrogens is 342 g/mol. The van der Waals surface area contributed by atoms with Crippen molar-refractivity contribution in [2.45, 2.75) is 59.7 Å². The lowest BCUT2D eigenvalue weighted by atomic mass is 9.93. The third kappa shape index (κ3) is 3.48. The summed E-state index contributed by atoms with van der Waals surface area (Å²) in [5, 5.41) is 4.27. The van der Waals surface area contributed by atoms with E-state index < -0.39 is 8.07 Å². The number of fused-ring (bicyclic) bond motifs is 1. The summed E-state index contributed by atoms with van der Waals surface area (Å²) in [4.78, 5) is 0. The Balaban J connectivity index is 2.29. The average Bonchev–Trinajstić information content (AvgIpc) is 2.63. The van der Waals surface area contributed by atoms with Gasteiger partial charge in [-0.2, -0.15) is 0 Å². The van der Waals surface area contributed by atoms with E-state index >= 15 is 0 Å². The summed E-state index contributed by atoms with van der Waals surface area (Å²) < 4.78 is 2.29. The highest BCUT2D eigenvalue weighted by atomic mass is 28.3. The zero-order valence-electron chi connectivity index (χ0n) is 18.3. The molecule has 2 heteroatoms. The Morgan fingerprint density at radius 3 is 2.33 bits per heavy atom. The lowest BCUT2D eigenvalue weighted by Gasteiger charge is -2.27. The predicted molar refractivity (Wildman–Crippen MR) is 122 cm³/mol. The molecule has 1 heterocycles. The van der Waals surface area contributed by atoms with E-state index in [9.17, 15) is 0 Å². The lowest BCUT2D eigenvalue weighted by molar-refractivity contribution is -0.659. The van der Waals surface area contributed by atoms with E-state index in [1.165, 1.54) is 38.7 Å². The van der Waals surface area contributed by atoms with Crippen LogP contribution in [0.2, 0.25) is 18.6 Å². The van der Waals surface area contributed by atoms with E-state index in [2.05, 4.69) is 102 Å². The molecule has 0 saturated heterocycles. The number of nitrogens with zero attached hydrogens (tertiary/aromatic N) is 1. The van der Waals surface area contributed by atoms with E-state index in [4.69, 9.17) is 0 Å². The molecule has 0 fully saturated rings. The van der Waals surface area contributed by atoms with Crippen molar-refractivity contribution in [3.63, 3.8) is 0 Å². The second-order valence-corrected chi connectivity index (χ2v) is 14.1. The predicted octanol–water partition coefficient (Wildman–Crippen LogP) is 5.84. The maximum Gasteiger partial charge on any atom is 0.220 e. The van der Waals surface area contributed by atoms with Crippen molar-refractivity contribution in [2.75, 3.05) is 0 Å². The third-order valence-corrected chi connectivity index (χ3v) is 11.4. The second kappa shape index (κ2) is 7.24. The molecule has 0 atom stereocenters. The molecule has 3 aromatic rings. The van der Waals surface area contributed by atoms with Crippen molar-refractivity contribution in [1.29, 1.82) is 0 Å². The van der Waals surface area contributed by atoms with Crippen LogP contribution in [-0.4, -0.2) is 8.07 Å². The SMILES string of the molecule is CCc1cc(C)c(C)c(-c2c3ccc([Si](C)(C)C(C)C)cc3cc[n+]2C)c1. The van der Waals surface area contributed by atoms with E-state index in [0.717, 1.165) is 12.0 Å². The smallest absolute Gasteiger partial charge is 0.200 e. The Morgan fingerprint density at radius 1 is 1.00 bits per heavy atom. The monoisotopic (exact) mass is 376 g/mol. The van der Waals surface area contributed by atoms with Crippen LogP contribution in [0.25, 0.3) is 22.0 Å². The molecule has 0 aliphatic heterocycles. The maximum absolute atomic E-state index is 2.49. The van der Waals surface area contributed by atoms with Crippen molar-refractivity contribution < 1.29 is 4.57 Å². The Kier molecular flexibility index (Phi) is 5.31. The van der Waals surface area contributed by atoms with Crippen molar-refractivity contribution >= 4 is 24.0 Å². The Morgan fingerprint density at radius 2 is 1.70 bits per heavy atom. The van der Waals surface area contributed by atoms with Gasteiger partial charge in [0.15, 0.2) is 6.20 Å². The van der Waals surface area contributed by atoms with Gasteiger partial charge in [-0.3, -0.25) is 0 Å². The van der Waals surface area contributed by atoms with Gasteiger partial charge in [-0.15, -0.1) is 0 Å². The first-order chi connectivity index (χ1) is 12.7. The van der Waals surface area contributed by atoms with Gasteiger partial charge < -0.3 is 0 Å². The topological polar surface area (TPSA) is 3.88 Å². The molecule has 0 saturated carbocycles. The highest BCUT2D eigenvalue weighted by molar-refractivity contribution is 6.91. The molecule has 0 spiro atoms. The van der Waals surface area contributed by atoms with Crippen LogP contribution in [0.15, 0.2) is 42.6 Å². The van der Waals surface area contributed by atoms with Crippen molar-refractivity contribution in [1.82, 2.24) is 0 Å². The van der Waals surface area contributed by atoms with Crippen molar-refractivity contribution in [2.24, 2.45) is 7.05 Å². The molecule has 142 valence electrons. The molecule has 0 aliphatic rings. The summed E-state index contributed by atoms with van der Waals surface area (Å²) in [5.74, 6) is 0. The van der Waals surface area contributed by atoms with Crippen LogP contribution < -0.4 is 9.75 Å². The average molecular weight is 377 g/mol. The molecule has 0 bridgehead atoms. The van der Waals surface area contributed by atoms with Gasteiger partial charge in [0.05, 0.1) is 19.0 Å². The van der Waals surface area contributed by atoms with Crippen LogP contribution in [0.4, 0.5) is 0 Å². The zero-order chi connectivity index (χ0) is 19.9. The summed E-state index contributed by atoms with van der Waals surface area (Å²) in [7, 11) is 0.744. The van der Waals surface area contributed by atoms with Crippen LogP contribution in [-0.2, 0) is 13.5 Å². The standard InChI is InChI=1S/C25H34NSi/c1-9-20-14-18(4)19(5)24(15-20)25-23-11-10-22(27(7,8)17(2)3)16-21(23)12-13-26(25)6/h10-17H,9H2,1-8H3/q+1. The van der Waals surface area contributed by atoms with Crippen LogP contribution in [0.1, 0.15) is 37.5 Å². The minimum absolute atomic E-state index is 0.736. The molecular formula is C25H34NSi+. The number of rotatable bonds is 4. The molecule has 1 nitrogen and oxygen atoms in total. The van der Waals surface area contributed by atoms with E-state index in [-0.39, 0.29) is 0 Å². The van der Waals surface area contributed by atoms with Crippen molar-refractivity contribution in [3.8, 4) is 11.3 Å². The fourth-order valence-electron chi connectivity index (χ4n) is 3.83. The quantitative estimate of drug-likeness (QED) is 0.398. The first-order valence-electron chi connectivity index (χ1n) is 10.2. The minimum atomic E-state index is -1.43. The molecule has 1 aromatic heterocycles. The first-order valence-corrected chi connectivity index (χ1v) is 13.3. The Hall–Kier alpha value is -1.93. The van der Waals surface area contributed by atoms with Crippen LogP contribution in [0.3, 0.4) is 0 Å². The maximum atomic E-state index is 2.49. The Labute approximate surface area is 166 Å². The summed E-state index contributed by atoms with van der Waals surface area (Å²) >= 11 is 0. The second-order valence-electron chi connectivity index (χ2n) is 8.89. The zero-order valence-corrected chi connectivity index (χ0v) is 19.3. The van der Waals surface area contributed by atoms with Crippen molar-refractivity contribution in [3.05, 3.63) is 59.3 Å². The number of hydrogen-bond acceptors (Lipinski definition) is 0. The van der Waals surface area contributed by atoms with Crippen LogP contribution in [0, 0.1) is 13.8 Å². The van der Waals surface area contributed by atoms with E-state index in [1.807, 2.05) is 0 Å². The molecule has 0 aliphatic carbocycles. The molecule has 0 amide bonds. The highest BCUT2D eigenvalue weighted by Gasteiger charge is 2.28.